The Balaban J connectivity index is 1.33. The summed E-state index contributed by atoms with van der Waals surface area (Å²) < 4.78 is 31.3. The zero-order valence-corrected chi connectivity index (χ0v) is 20.8. The number of hydrogen-bond acceptors (Lipinski definition) is 7. The molecule has 0 aromatic heterocycles. The first-order valence-corrected chi connectivity index (χ1v) is 12.3. The average Bonchev–Trinajstić information content (AvgIpc) is 3.65. The second kappa shape index (κ2) is 11.4. The highest BCUT2D eigenvalue weighted by atomic mass is 19.1. The third-order valence-corrected chi connectivity index (χ3v) is 6.31. The Bertz CT molecular complexity index is 1340. The smallest absolute Gasteiger partial charge is 0.416 e. The Morgan fingerprint density at radius 3 is 2.18 bits per heavy atom. The number of amides is 3. The Hall–Kier alpha value is -4.64. The quantitative estimate of drug-likeness (QED) is 0.339. The second-order valence-corrected chi connectivity index (χ2v) is 9.02. The van der Waals surface area contributed by atoms with Crippen molar-refractivity contribution in [3.8, 4) is 0 Å². The van der Waals surface area contributed by atoms with Gasteiger partial charge in [0.05, 0.1) is 31.1 Å². The molecule has 2 aliphatic heterocycles. The van der Waals surface area contributed by atoms with E-state index in [1.165, 1.54) is 21.9 Å². The minimum atomic E-state index is -0.852. The summed E-state index contributed by atoms with van der Waals surface area (Å²) in [6.07, 6.45) is -3.76. The number of nitrogens with zero attached hydrogens (tertiary/aromatic N) is 3. The van der Waals surface area contributed by atoms with Crippen LogP contribution in [0, 0.1) is 5.82 Å². The minimum Gasteiger partial charge on any atom is -0.444 e. The van der Waals surface area contributed by atoms with Gasteiger partial charge in [-0.2, -0.15) is 0 Å². The van der Waals surface area contributed by atoms with Gasteiger partial charge in [-0.3, -0.25) is 14.7 Å². The Labute approximate surface area is 223 Å². The molecule has 2 fully saturated rings. The molecule has 3 aromatic carbocycles. The van der Waals surface area contributed by atoms with Crippen molar-refractivity contribution in [2.24, 2.45) is 0 Å². The molecule has 2 atom stereocenters. The zero-order chi connectivity index (χ0) is 27.4. The number of aliphatic hydroxyl groups is 1. The fourth-order valence-corrected chi connectivity index (χ4v) is 4.20. The number of carbonyl (C=O) groups excluding carboxylic acids is 3. The molecule has 2 saturated heterocycles. The molecule has 11 heteroatoms. The number of anilines is 2. The van der Waals surface area contributed by atoms with Crippen LogP contribution in [0.3, 0.4) is 0 Å². The van der Waals surface area contributed by atoms with Crippen molar-refractivity contribution < 1.29 is 38.1 Å². The van der Waals surface area contributed by atoms with E-state index in [-0.39, 0.29) is 44.3 Å². The van der Waals surface area contributed by atoms with Gasteiger partial charge in [-0.15, -0.1) is 0 Å². The van der Waals surface area contributed by atoms with E-state index in [1.54, 1.807) is 24.3 Å². The van der Waals surface area contributed by atoms with Crippen LogP contribution >= 0.6 is 0 Å². The monoisotopic (exact) mass is 535 g/mol. The van der Waals surface area contributed by atoms with Crippen LogP contribution in [0.25, 0.3) is 0 Å². The topological polar surface area (TPSA) is 109 Å². The SMILES string of the molecule is O=C1O[C@@H](CO)CN1c1ccc(N(C(=O)OCc2ccccc2)C2CN2C(=O)OCc2ccccc2)c(F)c1. The third kappa shape index (κ3) is 5.93. The van der Waals surface area contributed by atoms with Gasteiger partial charge in [-0.25, -0.2) is 18.8 Å². The Kier molecular flexibility index (Phi) is 7.60. The van der Waals surface area contributed by atoms with Crippen molar-refractivity contribution >= 4 is 29.7 Å². The number of carbonyl (C=O) groups is 3. The Morgan fingerprint density at radius 2 is 1.59 bits per heavy atom. The molecule has 3 amide bonds. The van der Waals surface area contributed by atoms with Crippen LogP contribution < -0.4 is 9.80 Å². The number of hydrogen-bond donors (Lipinski definition) is 1. The van der Waals surface area contributed by atoms with E-state index in [4.69, 9.17) is 14.2 Å². The van der Waals surface area contributed by atoms with Gasteiger partial charge in [0.15, 0.2) is 0 Å². The van der Waals surface area contributed by atoms with Crippen molar-refractivity contribution in [2.45, 2.75) is 25.5 Å². The van der Waals surface area contributed by atoms with E-state index in [0.29, 0.717) is 0 Å². The lowest BCUT2D eigenvalue weighted by Crippen LogP contribution is -2.38. The molecule has 0 spiro atoms. The summed E-state index contributed by atoms with van der Waals surface area (Å²) in [6, 6.07) is 22.0. The van der Waals surface area contributed by atoms with Gasteiger partial charge in [0.25, 0.3) is 0 Å². The molecule has 0 aliphatic carbocycles. The summed E-state index contributed by atoms with van der Waals surface area (Å²) in [6.45, 7) is -0.192. The van der Waals surface area contributed by atoms with Crippen LogP contribution in [0.15, 0.2) is 78.9 Å². The maximum atomic E-state index is 15.5. The van der Waals surface area contributed by atoms with E-state index >= 15 is 4.39 Å². The molecule has 39 heavy (non-hydrogen) atoms. The van der Waals surface area contributed by atoms with Crippen molar-refractivity contribution in [1.29, 1.82) is 0 Å². The van der Waals surface area contributed by atoms with E-state index in [1.807, 2.05) is 36.4 Å². The lowest BCUT2D eigenvalue weighted by atomic mass is 10.2. The fourth-order valence-electron chi connectivity index (χ4n) is 4.20. The van der Waals surface area contributed by atoms with Crippen LogP contribution in [0.1, 0.15) is 11.1 Å². The predicted molar refractivity (Wildman–Crippen MR) is 137 cm³/mol. The van der Waals surface area contributed by atoms with Gasteiger partial charge in [0.2, 0.25) is 0 Å². The highest BCUT2D eigenvalue weighted by molar-refractivity contribution is 5.93. The van der Waals surface area contributed by atoms with E-state index in [2.05, 4.69) is 0 Å². The molecule has 1 N–H and O–H groups in total. The van der Waals surface area contributed by atoms with Crippen LogP contribution in [-0.2, 0) is 27.4 Å². The highest BCUT2D eigenvalue weighted by Gasteiger charge is 2.48. The molecule has 0 bridgehead atoms. The largest absolute Gasteiger partial charge is 0.444 e. The van der Waals surface area contributed by atoms with Gasteiger partial charge >= 0.3 is 18.3 Å². The molecule has 202 valence electrons. The van der Waals surface area contributed by atoms with Gasteiger partial charge in [0.1, 0.15) is 31.3 Å². The second-order valence-electron chi connectivity index (χ2n) is 9.02. The van der Waals surface area contributed by atoms with Gasteiger partial charge in [-0.1, -0.05) is 60.7 Å². The first-order chi connectivity index (χ1) is 18.9. The molecular weight excluding hydrogens is 509 g/mol. The van der Waals surface area contributed by atoms with Crippen molar-refractivity contribution in [2.75, 3.05) is 29.5 Å². The predicted octanol–water partition coefficient (Wildman–Crippen LogP) is 4.26. The normalized spacial score (nSPS) is 17.9. The Morgan fingerprint density at radius 1 is 0.949 bits per heavy atom. The van der Waals surface area contributed by atoms with Gasteiger partial charge in [0, 0.05) is 0 Å². The molecule has 2 heterocycles. The molecule has 3 aromatic rings. The number of aliphatic hydroxyl groups excluding tert-OH is 1. The van der Waals surface area contributed by atoms with Crippen LogP contribution in [0.2, 0.25) is 0 Å². The highest BCUT2D eigenvalue weighted by Crippen LogP contribution is 2.34. The lowest BCUT2D eigenvalue weighted by molar-refractivity contribution is 0.0963. The average molecular weight is 536 g/mol. The lowest BCUT2D eigenvalue weighted by Gasteiger charge is -2.24. The summed E-state index contributed by atoms with van der Waals surface area (Å²) in [7, 11) is 0. The number of rotatable bonds is 8. The summed E-state index contributed by atoms with van der Waals surface area (Å²) >= 11 is 0. The van der Waals surface area contributed by atoms with Crippen molar-refractivity contribution in [3.63, 3.8) is 0 Å². The molecule has 2 aliphatic rings. The molecule has 10 nitrogen and oxygen atoms in total. The minimum absolute atomic E-state index is 0.0468. The van der Waals surface area contributed by atoms with Crippen LogP contribution in [0.5, 0.6) is 0 Å². The maximum absolute atomic E-state index is 15.5. The standard InChI is InChI=1S/C28H26FN3O7/c29-23-13-21(30-14-22(16-33)39-27(30)35)11-12-24(23)32(28(36)38-18-20-9-5-2-6-10-20)25-15-31(25)26(34)37-17-19-7-3-1-4-8-19/h1-13,22,25,33H,14-18H2/t22-,25?,31?/m1/s1. The molecular formula is C28H26FN3O7. The molecule has 0 saturated carbocycles. The van der Waals surface area contributed by atoms with Crippen molar-refractivity contribution in [1.82, 2.24) is 4.90 Å². The summed E-state index contributed by atoms with van der Waals surface area (Å²) in [5.41, 5.74) is 1.60. The fraction of sp³-hybridized carbons (Fsp3) is 0.250. The van der Waals surface area contributed by atoms with Gasteiger partial charge < -0.3 is 19.3 Å². The third-order valence-electron chi connectivity index (χ3n) is 6.31. The molecule has 1 unspecified atom stereocenters. The summed E-state index contributed by atoms with van der Waals surface area (Å²) in [5.74, 6) is -0.811. The van der Waals surface area contributed by atoms with Crippen LogP contribution in [-0.4, -0.2) is 60.3 Å². The number of halogens is 1. The van der Waals surface area contributed by atoms with Crippen LogP contribution in [0.4, 0.5) is 30.1 Å². The van der Waals surface area contributed by atoms with E-state index < -0.39 is 36.4 Å². The summed E-state index contributed by atoms with van der Waals surface area (Å²) in [5, 5.41) is 9.28. The maximum Gasteiger partial charge on any atom is 0.416 e. The van der Waals surface area contributed by atoms with Gasteiger partial charge in [-0.05, 0) is 29.3 Å². The summed E-state index contributed by atoms with van der Waals surface area (Å²) in [4.78, 5) is 41.6. The van der Waals surface area contributed by atoms with E-state index in [9.17, 15) is 19.5 Å². The number of benzene rings is 3. The molecule has 0 radical (unpaired) electrons. The van der Waals surface area contributed by atoms with Crippen molar-refractivity contribution in [3.05, 3.63) is 95.8 Å². The number of cyclic esters (lactones) is 1. The zero-order valence-electron chi connectivity index (χ0n) is 20.8. The van der Waals surface area contributed by atoms with E-state index in [0.717, 1.165) is 22.1 Å². The first kappa shape index (κ1) is 26.0. The number of ether oxygens (including phenoxy) is 3. The molecule has 5 rings (SSSR count). The first-order valence-electron chi connectivity index (χ1n) is 12.3.